The van der Waals surface area contributed by atoms with Gasteiger partial charge in [0.2, 0.25) is 0 Å². The molecule has 0 aliphatic heterocycles. The first-order valence-electron chi connectivity index (χ1n) is 7.66. The molecule has 1 aromatic carbocycles. The Balaban J connectivity index is 1.73. The predicted molar refractivity (Wildman–Crippen MR) is 83.6 cm³/mol. The average molecular weight is 272 g/mol. The number of aromatic nitrogens is 1. The van der Waals surface area contributed by atoms with Crippen molar-refractivity contribution in [1.29, 1.82) is 0 Å². The van der Waals surface area contributed by atoms with Gasteiger partial charge in [0.05, 0.1) is 7.11 Å². The van der Waals surface area contributed by atoms with E-state index in [9.17, 15) is 0 Å². The third-order valence-corrected chi connectivity index (χ3v) is 4.49. The first-order valence-corrected chi connectivity index (χ1v) is 7.66. The summed E-state index contributed by atoms with van der Waals surface area (Å²) in [4.78, 5) is 3.47. The van der Waals surface area contributed by atoms with Crippen LogP contribution in [0, 0.1) is 6.92 Å². The molecule has 108 valence electrons. The Kier molecular flexibility index (Phi) is 3.97. The van der Waals surface area contributed by atoms with Crippen molar-refractivity contribution >= 4 is 10.9 Å². The monoisotopic (exact) mass is 272 g/mol. The lowest BCUT2D eigenvalue weighted by molar-refractivity contribution is 0.415. The van der Waals surface area contributed by atoms with Crippen LogP contribution in [0.4, 0.5) is 0 Å². The Bertz CT molecular complexity index is 582. The van der Waals surface area contributed by atoms with Crippen molar-refractivity contribution < 1.29 is 4.74 Å². The second-order valence-electron chi connectivity index (χ2n) is 5.83. The molecule has 3 heteroatoms. The normalized spacial score (nSPS) is 16.1. The molecule has 2 N–H and O–H groups in total. The molecule has 1 aromatic heterocycles. The van der Waals surface area contributed by atoms with Gasteiger partial charge in [-0.15, -0.1) is 0 Å². The summed E-state index contributed by atoms with van der Waals surface area (Å²) in [5, 5.41) is 5.00. The van der Waals surface area contributed by atoms with Gasteiger partial charge in [-0.1, -0.05) is 12.8 Å². The molecule has 0 radical (unpaired) electrons. The molecule has 3 nitrogen and oxygen atoms in total. The Labute approximate surface area is 120 Å². The zero-order valence-corrected chi connectivity index (χ0v) is 12.5. The molecule has 0 spiro atoms. The minimum atomic E-state index is 0.745. The van der Waals surface area contributed by atoms with Crippen molar-refractivity contribution in [1.82, 2.24) is 10.3 Å². The molecule has 1 saturated carbocycles. The van der Waals surface area contributed by atoms with Crippen molar-refractivity contribution in [2.45, 2.75) is 45.1 Å². The number of fused-ring (bicyclic) bond motifs is 1. The van der Waals surface area contributed by atoms with E-state index in [1.807, 2.05) is 6.07 Å². The van der Waals surface area contributed by atoms with Gasteiger partial charge in [0, 0.05) is 22.6 Å². The molecule has 1 fully saturated rings. The molecule has 0 bridgehead atoms. The molecular weight excluding hydrogens is 248 g/mol. The van der Waals surface area contributed by atoms with Crippen LogP contribution < -0.4 is 10.1 Å². The Morgan fingerprint density at radius 2 is 2.10 bits per heavy atom. The number of ether oxygens (including phenoxy) is 1. The molecule has 1 heterocycles. The highest BCUT2D eigenvalue weighted by Crippen LogP contribution is 2.26. The number of hydrogen-bond acceptors (Lipinski definition) is 2. The number of aromatic amines is 1. The van der Waals surface area contributed by atoms with E-state index >= 15 is 0 Å². The van der Waals surface area contributed by atoms with Crippen LogP contribution in [-0.2, 0) is 6.42 Å². The van der Waals surface area contributed by atoms with Crippen molar-refractivity contribution in [3.63, 3.8) is 0 Å². The summed E-state index contributed by atoms with van der Waals surface area (Å²) in [6.45, 7) is 3.23. The predicted octanol–water partition coefficient (Wildman–Crippen LogP) is 3.56. The van der Waals surface area contributed by atoms with Gasteiger partial charge < -0.3 is 15.0 Å². The Morgan fingerprint density at radius 1 is 1.30 bits per heavy atom. The molecule has 0 saturated heterocycles. The van der Waals surface area contributed by atoms with E-state index in [1.165, 1.54) is 47.8 Å². The van der Waals surface area contributed by atoms with Crippen LogP contribution in [0.3, 0.4) is 0 Å². The molecule has 3 rings (SSSR count). The second-order valence-corrected chi connectivity index (χ2v) is 5.83. The highest BCUT2D eigenvalue weighted by molar-refractivity contribution is 5.86. The number of methoxy groups -OCH3 is 1. The number of benzene rings is 1. The van der Waals surface area contributed by atoms with Gasteiger partial charge in [0.1, 0.15) is 5.75 Å². The molecule has 2 aromatic rings. The van der Waals surface area contributed by atoms with Crippen LogP contribution in [0.25, 0.3) is 10.9 Å². The van der Waals surface area contributed by atoms with E-state index in [0.717, 1.165) is 24.8 Å². The maximum absolute atomic E-state index is 5.34. The summed E-state index contributed by atoms with van der Waals surface area (Å²) in [7, 11) is 1.72. The van der Waals surface area contributed by atoms with Gasteiger partial charge in [-0.05, 0) is 56.5 Å². The van der Waals surface area contributed by atoms with E-state index in [2.05, 4.69) is 29.4 Å². The average Bonchev–Trinajstić information content (AvgIpc) is 3.07. The van der Waals surface area contributed by atoms with Crippen molar-refractivity contribution in [2.75, 3.05) is 13.7 Å². The minimum absolute atomic E-state index is 0.745. The fraction of sp³-hybridized carbons (Fsp3) is 0.529. The van der Waals surface area contributed by atoms with Crippen LogP contribution in [0.15, 0.2) is 18.2 Å². The molecule has 1 aliphatic carbocycles. The highest BCUT2D eigenvalue weighted by Gasteiger charge is 2.14. The third kappa shape index (κ3) is 2.68. The lowest BCUT2D eigenvalue weighted by Crippen LogP contribution is -2.28. The zero-order chi connectivity index (χ0) is 13.9. The van der Waals surface area contributed by atoms with E-state index < -0.39 is 0 Å². The summed E-state index contributed by atoms with van der Waals surface area (Å²) in [5.41, 5.74) is 3.91. The van der Waals surface area contributed by atoms with Crippen molar-refractivity contribution in [3.05, 3.63) is 29.5 Å². The fourth-order valence-electron chi connectivity index (χ4n) is 3.34. The van der Waals surface area contributed by atoms with Crippen LogP contribution in [0.5, 0.6) is 5.75 Å². The van der Waals surface area contributed by atoms with Gasteiger partial charge in [-0.2, -0.15) is 0 Å². The number of H-pyrrole nitrogens is 1. The number of hydrogen-bond donors (Lipinski definition) is 2. The highest BCUT2D eigenvalue weighted by atomic mass is 16.5. The third-order valence-electron chi connectivity index (χ3n) is 4.49. The zero-order valence-electron chi connectivity index (χ0n) is 12.5. The van der Waals surface area contributed by atoms with E-state index in [-0.39, 0.29) is 0 Å². The summed E-state index contributed by atoms with van der Waals surface area (Å²) in [6, 6.07) is 7.01. The molecule has 0 unspecified atom stereocenters. The maximum Gasteiger partial charge on any atom is 0.119 e. The molecule has 0 amide bonds. The Hall–Kier alpha value is -1.48. The maximum atomic E-state index is 5.34. The lowest BCUT2D eigenvalue weighted by Gasteiger charge is -2.11. The van der Waals surface area contributed by atoms with Crippen molar-refractivity contribution in [2.24, 2.45) is 0 Å². The molecular formula is C17H24N2O. The van der Waals surface area contributed by atoms with Crippen LogP contribution in [0.2, 0.25) is 0 Å². The number of aryl methyl sites for hydroxylation is 1. The second kappa shape index (κ2) is 5.88. The van der Waals surface area contributed by atoms with Crippen LogP contribution in [-0.4, -0.2) is 24.7 Å². The van der Waals surface area contributed by atoms with E-state index in [1.54, 1.807) is 7.11 Å². The smallest absolute Gasteiger partial charge is 0.119 e. The lowest BCUT2D eigenvalue weighted by atomic mass is 10.1. The number of nitrogens with one attached hydrogen (secondary N) is 2. The molecule has 1 aliphatic rings. The summed E-state index contributed by atoms with van der Waals surface area (Å²) in [6.07, 6.45) is 6.55. The van der Waals surface area contributed by atoms with Crippen LogP contribution >= 0.6 is 0 Å². The summed E-state index contributed by atoms with van der Waals surface area (Å²) in [5.74, 6) is 0.932. The van der Waals surface area contributed by atoms with Gasteiger partial charge in [0.15, 0.2) is 0 Å². The van der Waals surface area contributed by atoms with Gasteiger partial charge in [-0.3, -0.25) is 0 Å². The summed E-state index contributed by atoms with van der Waals surface area (Å²) >= 11 is 0. The number of rotatable bonds is 5. The fourth-order valence-corrected chi connectivity index (χ4v) is 3.34. The van der Waals surface area contributed by atoms with Gasteiger partial charge in [0.25, 0.3) is 0 Å². The van der Waals surface area contributed by atoms with E-state index in [4.69, 9.17) is 4.74 Å². The standard InChI is InChI=1S/C17H24N2O/c1-12-15(9-10-18-13-5-3-4-6-13)16-11-14(20-2)7-8-17(16)19-12/h7-8,11,13,18-19H,3-6,9-10H2,1-2H3. The van der Waals surface area contributed by atoms with Crippen LogP contribution in [0.1, 0.15) is 36.9 Å². The largest absolute Gasteiger partial charge is 0.497 e. The topological polar surface area (TPSA) is 37.0 Å². The Morgan fingerprint density at radius 3 is 2.85 bits per heavy atom. The quantitative estimate of drug-likeness (QED) is 0.873. The summed E-state index contributed by atoms with van der Waals surface area (Å²) < 4.78 is 5.34. The minimum Gasteiger partial charge on any atom is -0.497 e. The SMILES string of the molecule is COc1ccc2[nH]c(C)c(CCNC3CCCC3)c2c1. The van der Waals surface area contributed by atoms with Gasteiger partial charge in [-0.25, -0.2) is 0 Å². The first-order chi connectivity index (χ1) is 9.78. The molecule has 20 heavy (non-hydrogen) atoms. The first kappa shape index (κ1) is 13.5. The van der Waals surface area contributed by atoms with Gasteiger partial charge >= 0.3 is 0 Å². The van der Waals surface area contributed by atoms with Crippen molar-refractivity contribution in [3.8, 4) is 5.75 Å². The molecule has 0 atom stereocenters. The van der Waals surface area contributed by atoms with E-state index in [0.29, 0.717) is 0 Å².